The summed E-state index contributed by atoms with van der Waals surface area (Å²) in [6.45, 7) is 6.60. The van der Waals surface area contributed by atoms with Crippen LogP contribution < -0.4 is 10.1 Å². The van der Waals surface area contributed by atoms with Crippen molar-refractivity contribution < 1.29 is 27.5 Å². The van der Waals surface area contributed by atoms with Gasteiger partial charge in [-0.2, -0.15) is 13.2 Å². The maximum atomic E-state index is 12.7. The van der Waals surface area contributed by atoms with Gasteiger partial charge in [-0.3, -0.25) is 9.59 Å². The molecule has 0 bridgehead atoms. The zero-order valence-corrected chi connectivity index (χ0v) is 19.0. The normalized spacial score (nSPS) is 15.9. The first-order chi connectivity index (χ1) is 15.5. The van der Waals surface area contributed by atoms with Crippen LogP contribution in [0, 0.1) is 5.92 Å². The predicted octanol–water partition coefficient (Wildman–Crippen LogP) is 5.22. The van der Waals surface area contributed by atoms with E-state index in [4.69, 9.17) is 4.74 Å². The summed E-state index contributed by atoms with van der Waals surface area (Å²) >= 11 is 0. The first-order valence-electron chi connectivity index (χ1n) is 11.1. The number of carbonyl (C=O) groups excluding carboxylic acids is 2. The van der Waals surface area contributed by atoms with Crippen LogP contribution in [-0.4, -0.2) is 35.9 Å². The second kappa shape index (κ2) is 10.3. The Labute approximate surface area is 191 Å². The quantitative estimate of drug-likeness (QED) is 0.640. The Morgan fingerprint density at radius 3 is 2.06 bits per heavy atom. The van der Waals surface area contributed by atoms with Crippen molar-refractivity contribution in [2.24, 2.45) is 5.92 Å². The van der Waals surface area contributed by atoms with Crippen molar-refractivity contribution in [2.75, 3.05) is 13.1 Å². The molecule has 1 saturated heterocycles. The Morgan fingerprint density at radius 2 is 1.55 bits per heavy atom. The van der Waals surface area contributed by atoms with Crippen LogP contribution in [0.1, 0.15) is 61.1 Å². The third-order valence-corrected chi connectivity index (χ3v) is 5.72. The van der Waals surface area contributed by atoms with E-state index >= 15 is 0 Å². The van der Waals surface area contributed by atoms with Gasteiger partial charge in [-0.15, -0.1) is 0 Å². The average Bonchev–Trinajstić information content (AvgIpc) is 2.78. The molecule has 1 fully saturated rings. The Hall–Kier alpha value is -3.03. The highest BCUT2D eigenvalue weighted by Crippen LogP contribution is 2.29. The van der Waals surface area contributed by atoms with Crippen LogP contribution in [0.25, 0.3) is 0 Å². The second-order valence-electron chi connectivity index (χ2n) is 8.61. The van der Waals surface area contributed by atoms with Gasteiger partial charge in [0.25, 0.3) is 5.91 Å². The van der Waals surface area contributed by atoms with Crippen molar-refractivity contribution in [1.29, 1.82) is 0 Å². The second-order valence-corrected chi connectivity index (χ2v) is 8.61. The fourth-order valence-corrected chi connectivity index (χ4v) is 3.85. The molecule has 33 heavy (non-hydrogen) atoms. The molecule has 1 aliphatic heterocycles. The third kappa shape index (κ3) is 6.49. The molecule has 178 valence electrons. The molecule has 8 heteroatoms. The first-order valence-corrected chi connectivity index (χ1v) is 11.1. The highest BCUT2D eigenvalue weighted by atomic mass is 19.4. The lowest BCUT2D eigenvalue weighted by molar-refractivity contribution is -0.137. The molecule has 1 atom stereocenters. The lowest BCUT2D eigenvalue weighted by Gasteiger charge is -2.32. The fourth-order valence-electron chi connectivity index (χ4n) is 3.85. The Morgan fingerprint density at radius 1 is 0.970 bits per heavy atom. The van der Waals surface area contributed by atoms with Gasteiger partial charge in [0.1, 0.15) is 5.75 Å². The van der Waals surface area contributed by atoms with Crippen LogP contribution in [0.5, 0.6) is 5.75 Å². The van der Waals surface area contributed by atoms with E-state index in [0.717, 1.165) is 23.4 Å². The topological polar surface area (TPSA) is 58.6 Å². The Kier molecular flexibility index (Phi) is 7.66. The van der Waals surface area contributed by atoms with E-state index < -0.39 is 11.7 Å². The number of carbonyl (C=O) groups is 2. The van der Waals surface area contributed by atoms with E-state index in [-0.39, 0.29) is 35.4 Å². The molecule has 1 aliphatic rings. The summed E-state index contributed by atoms with van der Waals surface area (Å²) in [5.74, 6) is 0.177. The largest absolute Gasteiger partial charge is 0.491 e. The molecular weight excluding hydrogens is 433 g/mol. The highest BCUT2D eigenvalue weighted by molar-refractivity contribution is 5.94. The zero-order chi connectivity index (χ0) is 24.2. The van der Waals surface area contributed by atoms with Gasteiger partial charge in [0.2, 0.25) is 5.91 Å². The predicted molar refractivity (Wildman–Crippen MR) is 119 cm³/mol. The van der Waals surface area contributed by atoms with Gasteiger partial charge in [-0.25, -0.2) is 0 Å². The number of piperidine rings is 1. The molecule has 2 amide bonds. The summed E-state index contributed by atoms with van der Waals surface area (Å²) in [5.41, 5.74) is 0.393. The number of benzene rings is 2. The van der Waals surface area contributed by atoms with Crippen molar-refractivity contribution in [1.82, 2.24) is 10.2 Å². The number of rotatable bonds is 6. The van der Waals surface area contributed by atoms with Crippen molar-refractivity contribution in [2.45, 2.75) is 51.9 Å². The maximum absolute atomic E-state index is 12.7. The minimum atomic E-state index is -4.44. The molecular formula is C25H29F3N2O3. The number of nitrogens with zero attached hydrogens (tertiary/aromatic N) is 1. The minimum Gasteiger partial charge on any atom is -0.491 e. The van der Waals surface area contributed by atoms with Crippen molar-refractivity contribution >= 4 is 11.8 Å². The molecule has 0 saturated carbocycles. The number of halogens is 3. The fraction of sp³-hybridized carbons (Fsp3) is 0.440. The van der Waals surface area contributed by atoms with Crippen LogP contribution in [-0.2, 0) is 11.0 Å². The highest BCUT2D eigenvalue weighted by Gasteiger charge is 2.31. The molecule has 0 radical (unpaired) electrons. The Balaban J connectivity index is 1.50. The van der Waals surface area contributed by atoms with E-state index in [1.165, 1.54) is 12.1 Å². The molecule has 1 N–H and O–H groups in total. The molecule has 1 heterocycles. The van der Waals surface area contributed by atoms with Crippen LogP contribution in [0.15, 0.2) is 48.5 Å². The summed E-state index contributed by atoms with van der Waals surface area (Å²) < 4.78 is 43.8. The van der Waals surface area contributed by atoms with Crippen molar-refractivity contribution in [3.63, 3.8) is 0 Å². The average molecular weight is 463 g/mol. The molecule has 0 spiro atoms. The standard InChI is InChI=1S/C25H29F3N2O3/c1-16(2)33-22-10-6-18(7-11-22)17(3)29-23(31)19-12-14-30(15-13-19)24(32)20-4-8-21(9-5-20)25(26,27)28/h4-11,16-17,19H,12-15H2,1-3H3,(H,29,31). The number of hydrogen-bond donors (Lipinski definition) is 1. The van der Waals surface area contributed by atoms with E-state index in [1.807, 2.05) is 45.0 Å². The molecule has 5 nitrogen and oxygen atoms in total. The number of likely N-dealkylation sites (tertiary alicyclic amines) is 1. The molecule has 0 aliphatic carbocycles. The Bertz CT molecular complexity index is 948. The SMILES string of the molecule is CC(C)Oc1ccc(C(C)NC(=O)C2CCN(C(=O)c3ccc(C(F)(F)F)cc3)CC2)cc1. The zero-order valence-electron chi connectivity index (χ0n) is 19.0. The summed E-state index contributed by atoms with van der Waals surface area (Å²) in [6, 6.07) is 11.7. The smallest absolute Gasteiger partial charge is 0.416 e. The van der Waals surface area contributed by atoms with Gasteiger partial charge in [0, 0.05) is 24.6 Å². The number of nitrogens with one attached hydrogen (secondary N) is 1. The van der Waals surface area contributed by atoms with E-state index in [9.17, 15) is 22.8 Å². The number of ether oxygens (including phenoxy) is 1. The van der Waals surface area contributed by atoms with Crippen LogP contribution in [0.4, 0.5) is 13.2 Å². The number of hydrogen-bond acceptors (Lipinski definition) is 3. The van der Waals surface area contributed by atoms with Crippen molar-refractivity contribution in [3.05, 3.63) is 65.2 Å². The van der Waals surface area contributed by atoms with Gasteiger partial charge < -0.3 is 15.0 Å². The monoisotopic (exact) mass is 462 g/mol. The van der Waals surface area contributed by atoms with Gasteiger partial charge >= 0.3 is 6.18 Å². The van der Waals surface area contributed by atoms with Gasteiger partial charge in [-0.1, -0.05) is 12.1 Å². The minimum absolute atomic E-state index is 0.0633. The number of amides is 2. The van der Waals surface area contributed by atoms with E-state index in [1.54, 1.807) is 4.90 Å². The summed E-state index contributed by atoms with van der Waals surface area (Å²) in [5, 5.41) is 3.03. The van der Waals surface area contributed by atoms with Gasteiger partial charge in [0.05, 0.1) is 17.7 Å². The molecule has 3 rings (SSSR count). The maximum Gasteiger partial charge on any atom is 0.416 e. The lowest BCUT2D eigenvalue weighted by Crippen LogP contribution is -2.43. The molecule has 0 aromatic heterocycles. The molecule has 2 aromatic carbocycles. The van der Waals surface area contributed by atoms with Crippen molar-refractivity contribution in [3.8, 4) is 5.75 Å². The van der Waals surface area contributed by atoms with E-state index in [2.05, 4.69) is 5.32 Å². The summed E-state index contributed by atoms with van der Waals surface area (Å²) in [4.78, 5) is 26.9. The summed E-state index contributed by atoms with van der Waals surface area (Å²) in [6.07, 6.45) is -3.34. The first kappa shape index (κ1) is 24.6. The summed E-state index contributed by atoms with van der Waals surface area (Å²) in [7, 11) is 0. The van der Waals surface area contributed by atoms with Gasteiger partial charge in [0.15, 0.2) is 0 Å². The van der Waals surface area contributed by atoms with Crippen LogP contribution in [0.2, 0.25) is 0 Å². The lowest BCUT2D eigenvalue weighted by atomic mass is 9.94. The van der Waals surface area contributed by atoms with Crippen LogP contribution in [0.3, 0.4) is 0 Å². The van der Waals surface area contributed by atoms with Gasteiger partial charge in [-0.05, 0) is 75.6 Å². The van der Waals surface area contributed by atoms with Crippen LogP contribution >= 0.6 is 0 Å². The third-order valence-electron chi connectivity index (χ3n) is 5.72. The van der Waals surface area contributed by atoms with E-state index in [0.29, 0.717) is 25.9 Å². The molecule has 2 aromatic rings. The number of alkyl halides is 3. The molecule has 1 unspecified atom stereocenters.